The average Bonchev–Trinajstić information content (AvgIpc) is 3.23. The van der Waals surface area contributed by atoms with Crippen molar-refractivity contribution in [3.05, 3.63) is 60.1 Å². The second-order valence-corrected chi connectivity index (χ2v) is 7.23. The summed E-state index contributed by atoms with van der Waals surface area (Å²) >= 11 is 0. The van der Waals surface area contributed by atoms with E-state index in [4.69, 9.17) is 9.15 Å². The summed E-state index contributed by atoms with van der Waals surface area (Å²) in [5.74, 6) is -0.466. The van der Waals surface area contributed by atoms with Gasteiger partial charge in [-0.2, -0.15) is 0 Å². The molecule has 3 heterocycles. The highest BCUT2D eigenvalue weighted by atomic mass is 32.2. The van der Waals surface area contributed by atoms with Crippen LogP contribution in [0.2, 0.25) is 0 Å². The minimum Gasteiger partial charge on any atom is -0.497 e. The van der Waals surface area contributed by atoms with Crippen molar-refractivity contribution in [3.8, 4) is 17.1 Å². The van der Waals surface area contributed by atoms with Crippen molar-refractivity contribution in [2.75, 3.05) is 14.2 Å². The third-order valence-corrected chi connectivity index (χ3v) is 4.96. The van der Waals surface area contributed by atoms with Gasteiger partial charge in [-0.25, -0.2) is 22.9 Å². The fourth-order valence-electron chi connectivity index (χ4n) is 2.33. The molecule has 1 N–H and O–H groups in total. The number of carbonyl (C=O) groups excluding carboxylic acids is 1. The molecule has 146 valence electrons. The Labute approximate surface area is 161 Å². The van der Waals surface area contributed by atoms with Crippen molar-refractivity contribution >= 4 is 16.0 Å². The molecule has 0 bridgehead atoms. The minimum atomic E-state index is -4.00. The predicted octanol–water partition coefficient (Wildman–Crippen LogP) is 2.01. The molecule has 9 nitrogen and oxygen atoms in total. The molecule has 0 radical (unpaired) electrons. The summed E-state index contributed by atoms with van der Waals surface area (Å²) in [6.45, 7) is -0.117. The van der Waals surface area contributed by atoms with Gasteiger partial charge >= 0.3 is 5.97 Å². The van der Waals surface area contributed by atoms with Crippen molar-refractivity contribution < 1.29 is 27.1 Å². The summed E-state index contributed by atoms with van der Waals surface area (Å²) in [5.41, 5.74) is 1.59. The molecular weight excluding hydrogens is 386 g/mol. The first-order valence-corrected chi connectivity index (χ1v) is 9.55. The molecule has 0 atom stereocenters. The highest BCUT2D eigenvalue weighted by Crippen LogP contribution is 2.22. The number of nitrogens with zero attached hydrogens (tertiary/aromatic N) is 2. The lowest BCUT2D eigenvalue weighted by Crippen LogP contribution is -2.23. The Hall–Kier alpha value is -3.24. The highest BCUT2D eigenvalue weighted by molar-refractivity contribution is 7.89. The quantitative estimate of drug-likeness (QED) is 0.595. The van der Waals surface area contributed by atoms with E-state index >= 15 is 0 Å². The Morgan fingerprint density at radius 2 is 1.96 bits per heavy atom. The molecule has 0 aliphatic carbocycles. The lowest BCUT2D eigenvalue weighted by molar-refractivity contribution is 0.0559. The molecule has 0 spiro atoms. The topological polar surface area (TPSA) is 121 Å². The van der Waals surface area contributed by atoms with Gasteiger partial charge < -0.3 is 13.9 Å². The Kier molecular flexibility index (Phi) is 5.71. The van der Waals surface area contributed by atoms with E-state index in [0.717, 1.165) is 0 Å². The second-order valence-electron chi connectivity index (χ2n) is 5.53. The van der Waals surface area contributed by atoms with Crippen LogP contribution < -0.4 is 9.46 Å². The maximum atomic E-state index is 12.4. The first kappa shape index (κ1) is 19.5. The highest BCUT2D eigenvalue weighted by Gasteiger charge is 2.21. The van der Waals surface area contributed by atoms with Gasteiger partial charge in [-0.3, -0.25) is 4.98 Å². The fourth-order valence-corrected chi connectivity index (χ4v) is 3.26. The van der Waals surface area contributed by atoms with Crippen molar-refractivity contribution in [1.82, 2.24) is 14.7 Å². The van der Waals surface area contributed by atoms with Crippen molar-refractivity contribution in [3.63, 3.8) is 0 Å². The Morgan fingerprint density at radius 1 is 1.14 bits per heavy atom. The van der Waals surface area contributed by atoms with Crippen LogP contribution in [0.15, 0.2) is 58.2 Å². The number of furan rings is 1. The van der Waals surface area contributed by atoms with Crippen molar-refractivity contribution in [2.45, 2.75) is 11.6 Å². The summed E-state index contributed by atoms with van der Waals surface area (Å²) in [6.07, 6.45) is 1.63. The van der Waals surface area contributed by atoms with Crippen LogP contribution in [0.3, 0.4) is 0 Å². The minimum absolute atomic E-state index is 0.117. The van der Waals surface area contributed by atoms with Gasteiger partial charge in [-0.1, -0.05) is 6.07 Å². The zero-order chi connectivity index (χ0) is 20.1. The van der Waals surface area contributed by atoms with Crippen LogP contribution in [0.5, 0.6) is 5.75 Å². The molecule has 0 amide bonds. The predicted molar refractivity (Wildman–Crippen MR) is 98.1 cm³/mol. The van der Waals surface area contributed by atoms with E-state index < -0.39 is 21.1 Å². The Bertz CT molecular complexity index is 1080. The van der Waals surface area contributed by atoms with Crippen LogP contribution in [-0.2, 0) is 21.3 Å². The van der Waals surface area contributed by atoms with Crippen LogP contribution >= 0.6 is 0 Å². The van der Waals surface area contributed by atoms with Gasteiger partial charge in [0.1, 0.15) is 5.75 Å². The van der Waals surface area contributed by atoms with Gasteiger partial charge in [0, 0.05) is 18.3 Å². The SMILES string of the molecule is COC(=O)c1ccc(S(=O)(=O)NCc2cc(OC)cc(-c3ccccn3)n2)o1. The van der Waals surface area contributed by atoms with Crippen molar-refractivity contribution in [1.29, 1.82) is 0 Å². The number of sulfonamides is 1. The number of nitrogens with one attached hydrogen (secondary N) is 1. The number of carbonyl (C=O) groups is 1. The second kappa shape index (κ2) is 8.19. The lowest BCUT2D eigenvalue weighted by Gasteiger charge is -2.09. The Balaban J connectivity index is 1.81. The average molecular weight is 403 g/mol. The van der Waals surface area contributed by atoms with E-state index in [-0.39, 0.29) is 12.3 Å². The fraction of sp³-hybridized carbons (Fsp3) is 0.167. The molecule has 3 aromatic rings. The largest absolute Gasteiger partial charge is 0.497 e. The standard InChI is InChI=1S/C18H17N3O6S/c1-25-13-9-12(21-15(10-13)14-5-3-4-8-19-14)11-20-28(23,24)17-7-6-16(27-17)18(22)26-2/h3-10,20H,11H2,1-2H3. The smallest absolute Gasteiger partial charge is 0.374 e. The van der Waals surface area contributed by atoms with Crippen LogP contribution in [0.4, 0.5) is 0 Å². The third-order valence-electron chi connectivity index (χ3n) is 3.69. The van der Waals surface area contributed by atoms with Gasteiger partial charge in [-0.05, 0) is 24.3 Å². The van der Waals surface area contributed by atoms with E-state index in [9.17, 15) is 13.2 Å². The number of ether oxygens (including phenoxy) is 2. The van der Waals surface area contributed by atoms with Gasteiger partial charge in [0.05, 0.1) is 37.8 Å². The van der Waals surface area contributed by atoms with Crippen LogP contribution in [0.1, 0.15) is 16.2 Å². The number of pyridine rings is 2. The van der Waals surface area contributed by atoms with E-state index in [2.05, 4.69) is 19.4 Å². The maximum absolute atomic E-state index is 12.4. The molecule has 0 saturated carbocycles. The molecule has 0 aliphatic heterocycles. The third kappa shape index (κ3) is 4.35. The van der Waals surface area contributed by atoms with Gasteiger partial charge in [-0.15, -0.1) is 0 Å². The normalized spacial score (nSPS) is 11.2. The van der Waals surface area contributed by atoms with E-state index in [1.807, 2.05) is 6.07 Å². The summed E-state index contributed by atoms with van der Waals surface area (Å²) in [7, 11) is -1.32. The zero-order valence-electron chi connectivity index (χ0n) is 15.1. The molecule has 3 aromatic heterocycles. The first-order chi connectivity index (χ1) is 13.4. The van der Waals surface area contributed by atoms with E-state index in [0.29, 0.717) is 22.8 Å². The summed E-state index contributed by atoms with van der Waals surface area (Å²) in [4.78, 5) is 20.1. The number of methoxy groups -OCH3 is 2. The van der Waals surface area contributed by atoms with Crippen LogP contribution in [0.25, 0.3) is 11.4 Å². The maximum Gasteiger partial charge on any atom is 0.374 e. The lowest BCUT2D eigenvalue weighted by atomic mass is 10.2. The summed E-state index contributed by atoms with van der Waals surface area (Å²) < 4.78 is 42.0. The van der Waals surface area contributed by atoms with Gasteiger partial charge in [0.2, 0.25) is 10.9 Å². The number of hydrogen-bond donors (Lipinski definition) is 1. The molecule has 10 heteroatoms. The molecule has 0 saturated heterocycles. The van der Waals surface area contributed by atoms with Gasteiger partial charge in [0.25, 0.3) is 10.0 Å². The number of esters is 1. The molecule has 0 aromatic carbocycles. The number of aromatic nitrogens is 2. The summed E-state index contributed by atoms with van der Waals surface area (Å²) in [6, 6.07) is 11.1. The molecule has 0 unspecified atom stereocenters. The number of rotatable bonds is 7. The van der Waals surface area contributed by atoms with E-state index in [1.165, 1.54) is 26.4 Å². The van der Waals surface area contributed by atoms with Crippen LogP contribution in [-0.4, -0.2) is 38.6 Å². The molecule has 0 fully saturated rings. The van der Waals surface area contributed by atoms with Crippen LogP contribution in [0, 0.1) is 0 Å². The molecule has 3 rings (SSSR count). The Morgan fingerprint density at radius 3 is 2.64 bits per heavy atom. The van der Waals surface area contributed by atoms with E-state index in [1.54, 1.807) is 30.5 Å². The molecule has 0 aliphatic rings. The van der Waals surface area contributed by atoms with Gasteiger partial charge in [0.15, 0.2) is 0 Å². The monoisotopic (exact) mass is 403 g/mol. The van der Waals surface area contributed by atoms with Crippen molar-refractivity contribution in [2.24, 2.45) is 0 Å². The number of hydrogen-bond acceptors (Lipinski definition) is 8. The summed E-state index contributed by atoms with van der Waals surface area (Å²) in [5, 5.41) is -0.402. The molecule has 28 heavy (non-hydrogen) atoms. The first-order valence-electron chi connectivity index (χ1n) is 8.07. The zero-order valence-corrected chi connectivity index (χ0v) is 15.9. The molecular formula is C18H17N3O6S.